The number of halogens is 1. The largest absolute Gasteiger partial charge is 0.387 e. The molecule has 4 rings (SSSR count). The van der Waals surface area contributed by atoms with E-state index in [4.69, 9.17) is 0 Å². The first-order valence-corrected chi connectivity index (χ1v) is 9.79. The van der Waals surface area contributed by atoms with Gasteiger partial charge in [-0.3, -0.25) is 4.79 Å². The Kier molecular flexibility index (Phi) is 4.61. The number of hydrogen-bond donors (Lipinski definition) is 1. The van der Waals surface area contributed by atoms with Crippen molar-refractivity contribution in [1.82, 2.24) is 4.90 Å². The molecule has 2 aromatic rings. The second-order valence-electron chi connectivity index (χ2n) is 7.09. The van der Waals surface area contributed by atoms with Crippen LogP contribution in [0.25, 0.3) is 0 Å². The van der Waals surface area contributed by atoms with Gasteiger partial charge in [0.2, 0.25) is 5.91 Å². The monoisotopic (exact) mass is 359 g/mol. The quantitative estimate of drug-likeness (QED) is 0.873. The molecule has 0 radical (unpaired) electrons. The van der Waals surface area contributed by atoms with Gasteiger partial charge < -0.3 is 10.0 Å². The number of amides is 1. The minimum atomic E-state index is -0.495. The van der Waals surface area contributed by atoms with Crippen molar-refractivity contribution in [2.45, 2.75) is 43.7 Å². The Hall–Kier alpha value is -1.72. The molecule has 2 heterocycles. The summed E-state index contributed by atoms with van der Waals surface area (Å²) in [6, 6.07) is 10.5. The topological polar surface area (TPSA) is 40.5 Å². The summed E-state index contributed by atoms with van der Waals surface area (Å²) in [5, 5.41) is 12.4. The van der Waals surface area contributed by atoms with Crippen LogP contribution in [0.15, 0.2) is 41.8 Å². The zero-order valence-corrected chi connectivity index (χ0v) is 14.8. The van der Waals surface area contributed by atoms with Gasteiger partial charge >= 0.3 is 0 Å². The maximum Gasteiger partial charge on any atom is 0.226 e. The van der Waals surface area contributed by atoms with Crippen molar-refractivity contribution < 1.29 is 14.3 Å². The third kappa shape index (κ3) is 3.48. The fourth-order valence-corrected chi connectivity index (χ4v) is 4.71. The van der Waals surface area contributed by atoms with Crippen molar-refractivity contribution in [3.8, 4) is 0 Å². The van der Waals surface area contributed by atoms with Crippen LogP contribution in [0.5, 0.6) is 0 Å². The van der Waals surface area contributed by atoms with Crippen LogP contribution in [0.3, 0.4) is 0 Å². The van der Waals surface area contributed by atoms with Gasteiger partial charge in [-0.2, -0.15) is 0 Å². The van der Waals surface area contributed by atoms with E-state index in [0.29, 0.717) is 6.42 Å². The highest BCUT2D eigenvalue weighted by Crippen LogP contribution is 2.49. The van der Waals surface area contributed by atoms with Gasteiger partial charge in [0.1, 0.15) is 5.82 Å². The standard InChI is InChI=1S/C20H22FNO2S/c21-14-7-5-13(6-8-14)16-12-17(16)20(24)22-9-1-3-15(22)11-18(23)19-4-2-10-25-19/h2,4-8,10,15-18,23H,1,3,9,11-12H2. The molecule has 1 aromatic heterocycles. The lowest BCUT2D eigenvalue weighted by Gasteiger charge is -2.26. The molecule has 1 aliphatic carbocycles. The number of likely N-dealkylation sites (tertiary alicyclic amines) is 1. The van der Waals surface area contributed by atoms with Crippen molar-refractivity contribution in [2.75, 3.05) is 6.54 Å². The first-order chi connectivity index (χ1) is 12.1. The van der Waals surface area contributed by atoms with E-state index in [-0.39, 0.29) is 29.6 Å². The first-order valence-electron chi connectivity index (χ1n) is 8.91. The van der Waals surface area contributed by atoms with Crippen LogP contribution in [-0.2, 0) is 4.79 Å². The van der Waals surface area contributed by atoms with E-state index in [0.717, 1.165) is 36.2 Å². The number of aliphatic hydroxyl groups is 1. The highest BCUT2D eigenvalue weighted by Gasteiger charge is 2.47. The number of rotatable bonds is 5. The number of thiophene rings is 1. The second kappa shape index (κ2) is 6.89. The summed E-state index contributed by atoms with van der Waals surface area (Å²) in [5.41, 5.74) is 1.05. The van der Waals surface area contributed by atoms with Crippen molar-refractivity contribution >= 4 is 17.2 Å². The van der Waals surface area contributed by atoms with Gasteiger partial charge in [0.15, 0.2) is 0 Å². The lowest BCUT2D eigenvalue weighted by atomic mass is 10.0. The lowest BCUT2D eigenvalue weighted by molar-refractivity contribution is -0.134. The SMILES string of the molecule is O=C(C1CC1c1ccc(F)cc1)N1CCCC1CC(O)c1cccs1. The van der Waals surface area contributed by atoms with E-state index < -0.39 is 6.10 Å². The van der Waals surface area contributed by atoms with Gasteiger partial charge in [-0.25, -0.2) is 4.39 Å². The van der Waals surface area contributed by atoms with E-state index in [1.54, 1.807) is 23.5 Å². The molecular formula is C20H22FNO2S. The number of carbonyl (C=O) groups is 1. The number of nitrogens with zero attached hydrogens (tertiary/aromatic N) is 1. The molecule has 25 heavy (non-hydrogen) atoms. The summed E-state index contributed by atoms with van der Waals surface area (Å²) in [6.45, 7) is 0.785. The maximum atomic E-state index is 13.1. The molecular weight excluding hydrogens is 337 g/mol. The number of benzene rings is 1. The number of hydrogen-bond acceptors (Lipinski definition) is 3. The molecule has 1 saturated carbocycles. The second-order valence-corrected chi connectivity index (χ2v) is 8.07. The molecule has 4 unspecified atom stereocenters. The van der Waals surface area contributed by atoms with Gasteiger partial charge in [0.05, 0.1) is 6.10 Å². The van der Waals surface area contributed by atoms with Crippen LogP contribution in [0.2, 0.25) is 0 Å². The fraction of sp³-hybridized carbons (Fsp3) is 0.450. The fourth-order valence-electron chi connectivity index (χ4n) is 3.98. The molecule has 4 atom stereocenters. The van der Waals surface area contributed by atoms with E-state index >= 15 is 0 Å². The van der Waals surface area contributed by atoms with Crippen molar-refractivity contribution in [2.24, 2.45) is 5.92 Å². The summed E-state index contributed by atoms with van der Waals surface area (Å²) >= 11 is 1.56. The molecule has 1 aromatic carbocycles. The molecule has 3 nitrogen and oxygen atoms in total. The molecule has 1 amide bonds. The van der Waals surface area contributed by atoms with Crippen molar-refractivity contribution in [3.63, 3.8) is 0 Å². The van der Waals surface area contributed by atoms with Crippen molar-refractivity contribution in [3.05, 3.63) is 58.0 Å². The number of carbonyl (C=O) groups excluding carboxylic acids is 1. The highest BCUT2D eigenvalue weighted by atomic mass is 32.1. The Morgan fingerprint density at radius 3 is 2.84 bits per heavy atom. The molecule has 1 N–H and O–H groups in total. The molecule has 1 saturated heterocycles. The number of aliphatic hydroxyl groups excluding tert-OH is 1. The van der Waals surface area contributed by atoms with Gasteiger partial charge in [0.25, 0.3) is 0 Å². The molecule has 0 bridgehead atoms. The van der Waals surface area contributed by atoms with Crippen LogP contribution in [0.1, 0.15) is 48.1 Å². The predicted octanol–water partition coefficient (Wildman–Crippen LogP) is 4.11. The van der Waals surface area contributed by atoms with E-state index in [1.165, 1.54) is 12.1 Å². The molecule has 0 spiro atoms. The van der Waals surface area contributed by atoms with Crippen LogP contribution in [0, 0.1) is 11.7 Å². The zero-order valence-electron chi connectivity index (χ0n) is 14.0. The Morgan fingerprint density at radius 2 is 2.12 bits per heavy atom. The summed E-state index contributed by atoms with van der Waals surface area (Å²) in [5.74, 6) is 0.200. The van der Waals surface area contributed by atoms with E-state index in [2.05, 4.69) is 0 Å². The molecule has 5 heteroatoms. The normalized spacial score (nSPS) is 26.6. The van der Waals surface area contributed by atoms with Crippen LogP contribution in [0.4, 0.5) is 4.39 Å². The summed E-state index contributed by atoms with van der Waals surface area (Å²) < 4.78 is 13.1. The van der Waals surface area contributed by atoms with Crippen LogP contribution < -0.4 is 0 Å². The molecule has 2 fully saturated rings. The molecule has 2 aliphatic rings. The Morgan fingerprint density at radius 1 is 1.32 bits per heavy atom. The van der Waals surface area contributed by atoms with Gasteiger partial charge in [-0.15, -0.1) is 11.3 Å². The minimum absolute atomic E-state index is 0.0185. The van der Waals surface area contributed by atoms with E-state index in [9.17, 15) is 14.3 Å². The van der Waals surface area contributed by atoms with E-state index in [1.807, 2.05) is 22.4 Å². The van der Waals surface area contributed by atoms with Gasteiger partial charge in [0, 0.05) is 23.4 Å². The van der Waals surface area contributed by atoms with Crippen LogP contribution in [-0.4, -0.2) is 28.5 Å². The van der Waals surface area contributed by atoms with Crippen LogP contribution >= 0.6 is 11.3 Å². The Labute approximate surface area is 151 Å². The summed E-state index contributed by atoms with van der Waals surface area (Å²) in [6.07, 6.45) is 2.93. The Balaban J connectivity index is 1.39. The average molecular weight is 359 g/mol. The van der Waals surface area contributed by atoms with Gasteiger partial charge in [-0.05, 0) is 60.7 Å². The van der Waals surface area contributed by atoms with Crippen molar-refractivity contribution in [1.29, 1.82) is 0 Å². The first kappa shape index (κ1) is 16.7. The maximum absolute atomic E-state index is 13.1. The predicted molar refractivity (Wildman–Crippen MR) is 95.9 cm³/mol. The highest BCUT2D eigenvalue weighted by molar-refractivity contribution is 7.10. The Bertz CT molecular complexity index is 731. The smallest absolute Gasteiger partial charge is 0.226 e. The third-order valence-corrected chi connectivity index (χ3v) is 6.41. The zero-order chi connectivity index (χ0) is 17.4. The average Bonchev–Trinajstić information content (AvgIpc) is 3.00. The third-order valence-electron chi connectivity index (χ3n) is 5.43. The molecule has 132 valence electrons. The summed E-state index contributed by atoms with van der Waals surface area (Å²) in [4.78, 5) is 15.9. The minimum Gasteiger partial charge on any atom is -0.387 e. The molecule has 1 aliphatic heterocycles. The lowest BCUT2D eigenvalue weighted by Crippen LogP contribution is -2.37. The van der Waals surface area contributed by atoms with Gasteiger partial charge in [-0.1, -0.05) is 18.2 Å². The summed E-state index contributed by atoms with van der Waals surface area (Å²) in [7, 11) is 0.